The van der Waals surface area contributed by atoms with E-state index >= 15 is 0 Å². The minimum Gasteiger partial charge on any atom is -0.445 e. The van der Waals surface area contributed by atoms with Crippen molar-refractivity contribution in [1.82, 2.24) is 20.6 Å². The zero-order valence-electron chi connectivity index (χ0n) is 17.2. The Morgan fingerprint density at radius 1 is 1.07 bits per heavy atom. The lowest BCUT2D eigenvalue weighted by atomic mass is 10.2. The Kier molecular flexibility index (Phi) is 7.82. The van der Waals surface area contributed by atoms with Gasteiger partial charge in [0.15, 0.2) is 0 Å². The minimum absolute atomic E-state index is 0.145. The quantitative estimate of drug-likeness (QED) is 0.539. The Labute approximate surface area is 176 Å². The largest absolute Gasteiger partial charge is 0.445 e. The van der Waals surface area contributed by atoms with Gasteiger partial charge in [-0.2, -0.15) is 4.98 Å². The van der Waals surface area contributed by atoms with Crippen LogP contribution >= 0.6 is 0 Å². The van der Waals surface area contributed by atoms with E-state index in [1.807, 2.05) is 43.3 Å². The van der Waals surface area contributed by atoms with Crippen molar-refractivity contribution in [2.24, 2.45) is 0 Å². The summed E-state index contributed by atoms with van der Waals surface area (Å²) >= 11 is 0. The van der Waals surface area contributed by atoms with Crippen molar-refractivity contribution >= 4 is 23.8 Å². The van der Waals surface area contributed by atoms with Gasteiger partial charge in [-0.25, -0.2) is 9.78 Å². The fourth-order valence-electron chi connectivity index (χ4n) is 3.10. The van der Waals surface area contributed by atoms with Gasteiger partial charge in [-0.3, -0.25) is 4.79 Å². The highest BCUT2D eigenvalue weighted by molar-refractivity contribution is 5.82. The molecule has 3 rings (SSSR count). The number of ether oxygens (including phenoxy) is 1. The minimum atomic E-state index is -0.630. The summed E-state index contributed by atoms with van der Waals surface area (Å²) in [6, 6.07) is 11.3. The molecule has 2 aromatic rings. The Balaban J connectivity index is 1.31. The van der Waals surface area contributed by atoms with Crippen LogP contribution in [0, 0.1) is 6.92 Å². The number of carbonyl (C=O) groups is 2. The van der Waals surface area contributed by atoms with Crippen LogP contribution in [0.2, 0.25) is 0 Å². The Morgan fingerprint density at radius 2 is 1.83 bits per heavy atom. The predicted octanol–water partition coefficient (Wildman–Crippen LogP) is 1.84. The van der Waals surface area contributed by atoms with Crippen molar-refractivity contribution in [1.29, 1.82) is 0 Å². The van der Waals surface area contributed by atoms with E-state index in [0.717, 1.165) is 30.2 Å². The second-order valence-electron chi connectivity index (χ2n) is 7.08. The maximum Gasteiger partial charge on any atom is 0.407 e. The molecular weight excluding hydrogens is 384 g/mol. The number of hydrogen-bond acceptors (Lipinski definition) is 7. The lowest BCUT2D eigenvalue weighted by Crippen LogP contribution is -2.38. The van der Waals surface area contributed by atoms with Gasteiger partial charge in [-0.05, 0) is 25.3 Å². The number of hydrogen-bond donors (Lipinski definition) is 3. The number of amides is 2. The van der Waals surface area contributed by atoms with E-state index in [1.165, 1.54) is 12.8 Å². The Hall–Kier alpha value is -3.36. The maximum atomic E-state index is 11.9. The van der Waals surface area contributed by atoms with Gasteiger partial charge in [0.2, 0.25) is 11.9 Å². The van der Waals surface area contributed by atoms with Crippen LogP contribution in [0.25, 0.3) is 0 Å². The molecule has 0 bridgehead atoms. The number of rotatable bonds is 9. The van der Waals surface area contributed by atoms with Gasteiger partial charge in [-0.1, -0.05) is 30.3 Å². The fourth-order valence-corrected chi connectivity index (χ4v) is 3.10. The molecular formula is C21H28N6O3. The first-order chi connectivity index (χ1) is 14.6. The molecule has 0 radical (unpaired) electrons. The molecule has 2 heterocycles. The summed E-state index contributed by atoms with van der Waals surface area (Å²) in [5, 5.41) is 8.29. The predicted molar refractivity (Wildman–Crippen MR) is 114 cm³/mol. The number of carbonyl (C=O) groups excluding carboxylic acids is 2. The SMILES string of the molecule is Cc1cc(N2CCCC2)nc(NCCNC(=O)CNC(=O)OCc2ccccc2)n1. The third kappa shape index (κ3) is 6.91. The standard InChI is InChI=1S/C21H28N6O3/c1-16-13-18(27-11-5-6-12-27)26-20(25-16)23-10-9-22-19(28)14-24-21(29)30-15-17-7-3-2-4-8-17/h2-4,7-8,13H,5-6,9-12,14-15H2,1H3,(H,22,28)(H,24,29)(H,23,25,26). The van der Waals surface area contributed by atoms with Gasteiger partial charge in [0.1, 0.15) is 12.4 Å². The number of nitrogens with zero attached hydrogens (tertiary/aromatic N) is 3. The molecule has 0 saturated carbocycles. The van der Waals surface area contributed by atoms with Crippen molar-refractivity contribution in [3.8, 4) is 0 Å². The highest BCUT2D eigenvalue weighted by atomic mass is 16.5. The number of aryl methyl sites for hydroxylation is 1. The first kappa shape index (κ1) is 21.4. The summed E-state index contributed by atoms with van der Waals surface area (Å²) in [6.07, 6.45) is 1.74. The van der Waals surface area contributed by atoms with E-state index in [-0.39, 0.29) is 19.1 Å². The van der Waals surface area contributed by atoms with Crippen molar-refractivity contribution in [2.75, 3.05) is 42.9 Å². The molecule has 0 unspecified atom stereocenters. The smallest absolute Gasteiger partial charge is 0.407 e. The second-order valence-corrected chi connectivity index (χ2v) is 7.08. The Morgan fingerprint density at radius 3 is 2.60 bits per heavy atom. The van der Waals surface area contributed by atoms with Crippen molar-refractivity contribution in [3.05, 3.63) is 47.7 Å². The van der Waals surface area contributed by atoms with E-state index < -0.39 is 6.09 Å². The number of anilines is 2. The van der Waals surface area contributed by atoms with Crippen LogP contribution in [0.15, 0.2) is 36.4 Å². The van der Waals surface area contributed by atoms with Gasteiger partial charge >= 0.3 is 6.09 Å². The van der Waals surface area contributed by atoms with Gasteiger partial charge in [0.25, 0.3) is 0 Å². The molecule has 9 nitrogen and oxygen atoms in total. The lowest BCUT2D eigenvalue weighted by Gasteiger charge is -2.17. The number of nitrogens with one attached hydrogen (secondary N) is 3. The highest BCUT2D eigenvalue weighted by Crippen LogP contribution is 2.19. The van der Waals surface area contributed by atoms with Crippen molar-refractivity contribution in [3.63, 3.8) is 0 Å². The third-order valence-electron chi connectivity index (χ3n) is 4.61. The van der Waals surface area contributed by atoms with Crippen LogP contribution in [0.1, 0.15) is 24.1 Å². The third-order valence-corrected chi connectivity index (χ3v) is 4.61. The molecule has 1 aromatic heterocycles. The summed E-state index contributed by atoms with van der Waals surface area (Å²) in [5.74, 6) is 1.19. The summed E-state index contributed by atoms with van der Waals surface area (Å²) in [6.45, 7) is 4.86. The van der Waals surface area contributed by atoms with E-state index in [9.17, 15) is 9.59 Å². The van der Waals surface area contributed by atoms with Crippen LogP contribution < -0.4 is 20.9 Å². The monoisotopic (exact) mass is 412 g/mol. The molecule has 1 saturated heterocycles. The summed E-state index contributed by atoms with van der Waals surface area (Å²) < 4.78 is 5.06. The zero-order valence-corrected chi connectivity index (χ0v) is 17.2. The van der Waals surface area contributed by atoms with Gasteiger partial charge in [-0.15, -0.1) is 0 Å². The molecule has 1 aromatic carbocycles. The Bertz CT molecular complexity index is 840. The van der Waals surface area contributed by atoms with Crippen LogP contribution in [-0.2, 0) is 16.1 Å². The zero-order chi connectivity index (χ0) is 21.2. The van der Waals surface area contributed by atoms with Crippen molar-refractivity contribution < 1.29 is 14.3 Å². The summed E-state index contributed by atoms with van der Waals surface area (Å²) in [7, 11) is 0. The molecule has 3 N–H and O–H groups in total. The highest BCUT2D eigenvalue weighted by Gasteiger charge is 2.15. The van der Waals surface area contributed by atoms with Gasteiger partial charge in [0.05, 0.1) is 6.54 Å². The first-order valence-electron chi connectivity index (χ1n) is 10.2. The van der Waals surface area contributed by atoms with E-state index in [2.05, 4.69) is 30.8 Å². The molecule has 0 atom stereocenters. The molecule has 1 aliphatic heterocycles. The molecule has 1 aliphatic rings. The van der Waals surface area contributed by atoms with E-state index in [1.54, 1.807) is 0 Å². The summed E-state index contributed by atoms with van der Waals surface area (Å²) in [4.78, 5) is 34.7. The normalized spacial score (nSPS) is 13.0. The molecule has 2 amide bonds. The fraction of sp³-hybridized carbons (Fsp3) is 0.429. The number of alkyl carbamates (subject to hydrolysis) is 1. The molecule has 0 spiro atoms. The first-order valence-corrected chi connectivity index (χ1v) is 10.2. The maximum absolute atomic E-state index is 11.9. The van der Waals surface area contributed by atoms with Crippen LogP contribution in [0.3, 0.4) is 0 Å². The van der Waals surface area contributed by atoms with Gasteiger partial charge in [0, 0.05) is 37.9 Å². The van der Waals surface area contributed by atoms with Crippen LogP contribution in [0.4, 0.5) is 16.6 Å². The molecule has 160 valence electrons. The summed E-state index contributed by atoms with van der Waals surface area (Å²) in [5.41, 5.74) is 1.78. The van der Waals surface area contributed by atoms with Crippen LogP contribution in [-0.4, -0.2) is 54.7 Å². The second kappa shape index (κ2) is 11.0. The molecule has 1 fully saturated rings. The van der Waals surface area contributed by atoms with Crippen molar-refractivity contribution in [2.45, 2.75) is 26.4 Å². The average molecular weight is 412 g/mol. The topological polar surface area (TPSA) is 108 Å². The van der Waals surface area contributed by atoms with E-state index in [0.29, 0.717) is 19.0 Å². The molecule has 0 aliphatic carbocycles. The van der Waals surface area contributed by atoms with E-state index in [4.69, 9.17) is 4.74 Å². The molecule has 30 heavy (non-hydrogen) atoms. The van der Waals surface area contributed by atoms with Crippen LogP contribution in [0.5, 0.6) is 0 Å². The number of aromatic nitrogens is 2. The molecule has 9 heteroatoms. The lowest BCUT2D eigenvalue weighted by molar-refractivity contribution is -0.120. The van der Waals surface area contributed by atoms with Gasteiger partial charge < -0.3 is 25.6 Å². The number of benzene rings is 1. The average Bonchev–Trinajstić information content (AvgIpc) is 3.29.